The Hall–Kier alpha value is -3.06. The maximum Gasteiger partial charge on any atom is 0.0487 e. The quantitative estimate of drug-likeness (QED) is 0.352. The molecule has 0 N–H and O–H groups in total. The zero-order valence-corrected chi connectivity index (χ0v) is 16.9. The molecule has 0 aromatic heterocycles. The van der Waals surface area contributed by atoms with Crippen LogP contribution in [-0.2, 0) is 5.41 Å². The van der Waals surface area contributed by atoms with E-state index < -0.39 is 0 Å². The van der Waals surface area contributed by atoms with E-state index in [1.165, 1.54) is 59.0 Å². The number of hydrogen-bond donors (Lipinski definition) is 0. The van der Waals surface area contributed by atoms with Crippen LogP contribution in [0.5, 0.6) is 0 Å². The van der Waals surface area contributed by atoms with Crippen molar-refractivity contribution in [3.8, 4) is 11.1 Å². The number of nitrogens with zero attached hydrogens (tertiary/aromatic N) is 1. The molecule has 4 aromatic rings. The molecule has 2 aliphatic carbocycles. The minimum atomic E-state index is 0.224. The Morgan fingerprint density at radius 1 is 0.690 bits per heavy atom. The predicted molar refractivity (Wildman–Crippen MR) is 123 cm³/mol. The standard InChI is InChI=1S/C28H25N/c1-29(27-14-8-10-20-9-2-3-11-22(20)27)21-15-16-24-23-12-4-5-13-25(23)28(26(24)19-21)17-6-7-18-28/h2-5,8-16,19H,6-7,17-18H2,1H3. The van der Waals surface area contributed by atoms with Crippen molar-refractivity contribution >= 4 is 22.1 Å². The first kappa shape index (κ1) is 16.9. The second-order valence-electron chi connectivity index (χ2n) is 8.62. The van der Waals surface area contributed by atoms with Crippen LogP contribution in [0.2, 0.25) is 0 Å². The first-order valence-electron chi connectivity index (χ1n) is 10.7. The van der Waals surface area contributed by atoms with Crippen LogP contribution in [0.25, 0.3) is 21.9 Å². The van der Waals surface area contributed by atoms with Crippen molar-refractivity contribution in [3.05, 3.63) is 96.1 Å². The summed E-state index contributed by atoms with van der Waals surface area (Å²) in [5, 5.41) is 2.59. The van der Waals surface area contributed by atoms with E-state index in [0.29, 0.717) is 0 Å². The van der Waals surface area contributed by atoms with Crippen molar-refractivity contribution < 1.29 is 0 Å². The van der Waals surface area contributed by atoms with Gasteiger partial charge in [-0.25, -0.2) is 0 Å². The van der Waals surface area contributed by atoms with Gasteiger partial charge in [0.15, 0.2) is 0 Å². The van der Waals surface area contributed by atoms with Gasteiger partial charge in [-0.05, 0) is 58.7 Å². The molecule has 0 aliphatic heterocycles. The number of benzene rings is 4. The lowest BCUT2D eigenvalue weighted by Crippen LogP contribution is -2.21. The smallest absolute Gasteiger partial charge is 0.0487 e. The molecule has 0 atom stereocenters. The van der Waals surface area contributed by atoms with Crippen molar-refractivity contribution in [1.82, 2.24) is 0 Å². The van der Waals surface area contributed by atoms with Gasteiger partial charge in [0.25, 0.3) is 0 Å². The number of hydrogen-bond acceptors (Lipinski definition) is 1. The fraction of sp³-hybridized carbons (Fsp3) is 0.214. The zero-order chi connectivity index (χ0) is 19.4. The Bertz CT molecular complexity index is 1220. The minimum Gasteiger partial charge on any atom is -0.344 e. The molecule has 4 aromatic carbocycles. The molecule has 0 heterocycles. The highest BCUT2D eigenvalue weighted by molar-refractivity contribution is 5.96. The zero-order valence-electron chi connectivity index (χ0n) is 16.9. The van der Waals surface area contributed by atoms with Crippen molar-refractivity contribution in [2.75, 3.05) is 11.9 Å². The van der Waals surface area contributed by atoms with Crippen molar-refractivity contribution in [3.63, 3.8) is 0 Å². The SMILES string of the molecule is CN(c1ccc2c(c1)C1(CCCC1)c1ccccc1-2)c1cccc2ccccc12. The van der Waals surface area contributed by atoms with Crippen LogP contribution in [0.1, 0.15) is 36.8 Å². The van der Waals surface area contributed by atoms with Gasteiger partial charge in [0.2, 0.25) is 0 Å². The molecule has 1 heteroatoms. The fourth-order valence-electron chi connectivity index (χ4n) is 5.81. The summed E-state index contributed by atoms with van der Waals surface area (Å²) >= 11 is 0. The maximum absolute atomic E-state index is 2.47. The number of fused-ring (bicyclic) bond motifs is 6. The Morgan fingerprint density at radius 2 is 1.41 bits per heavy atom. The van der Waals surface area contributed by atoms with E-state index in [-0.39, 0.29) is 5.41 Å². The summed E-state index contributed by atoms with van der Waals surface area (Å²) in [4.78, 5) is 2.36. The molecule has 1 saturated carbocycles. The molecule has 6 rings (SSSR count). The summed E-state index contributed by atoms with van der Waals surface area (Å²) < 4.78 is 0. The molecule has 142 valence electrons. The summed E-state index contributed by atoms with van der Waals surface area (Å²) in [7, 11) is 2.20. The molecule has 29 heavy (non-hydrogen) atoms. The van der Waals surface area contributed by atoms with E-state index in [1.807, 2.05) is 0 Å². The first-order chi connectivity index (χ1) is 14.3. The van der Waals surface area contributed by atoms with Crippen molar-refractivity contribution in [1.29, 1.82) is 0 Å². The van der Waals surface area contributed by atoms with E-state index >= 15 is 0 Å². The third-order valence-corrected chi connectivity index (χ3v) is 7.22. The molecule has 0 bridgehead atoms. The van der Waals surface area contributed by atoms with Gasteiger partial charge < -0.3 is 4.90 Å². The second kappa shape index (κ2) is 6.22. The molecule has 0 radical (unpaired) electrons. The number of anilines is 2. The van der Waals surface area contributed by atoms with Crippen LogP contribution in [0.4, 0.5) is 11.4 Å². The Labute approximate surface area is 172 Å². The third-order valence-electron chi connectivity index (χ3n) is 7.22. The average molecular weight is 376 g/mol. The number of rotatable bonds is 2. The molecular weight excluding hydrogens is 350 g/mol. The van der Waals surface area contributed by atoms with Gasteiger partial charge in [0.1, 0.15) is 0 Å². The lowest BCUT2D eigenvalue weighted by molar-refractivity contribution is 0.550. The Kier molecular flexibility index (Phi) is 3.61. The van der Waals surface area contributed by atoms with Crippen LogP contribution in [0.3, 0.4) is 0 Å². The topological polar surface area (TPSA) is 3.24 Å². The Morgan fingerprint density at radius 3 is 2.31 bits per heavy atom. The van der Waals surface area contributed by atoms with E-state index in [9.17, 15) is 0 Å². The molecule has 1 nitrogen and oxygen atoms in total. The maximum atomic E-state index is 2.47. The monoisotopic (exact) mass is 375 g/mol. The summed E-state index contributed by atoms with van der Waals surface area (Å²) in [6.45, 7) is 0. The summed E-state index contributed by atoms with van der Waals surface area (Å²) in [6.07, 6.45) is 5.21. The van der Waals surface area contributed by atoms with Crippen LogP contribution in [-0.4, -0.2) is 7.05 Å². The van der Waals surface area contributed by atoms with Gasteiger partial charge in [-0.1, -0.05) is 79.6 Å². The van der Waals surface area contributed by atoms with Gasteiger partial charge in [-0.15, -0.1) is 0 Å². The summed E-state index contributed by atoms with van der Waals surface area (Å²) in [6, 6.07) is 31.5. The molecule has 1 spiro atoms. The van der Waals surface area contributed by atoms with E-state index in [0.717, 1.165) is 0 Å². The van der Waals surface area contributed by atoms with Crippen LogP contribution in [0, 0.1) is 0 Å². The van der Waals surface area contributed by atoms with Crippen LogP contribution in [0.15, 0.2) is 84.9 Å². The van der Waals surface area contributed by atoms with Crippen molar-refractivity contribution in [2.24, 2.45) is 0 Å². The van der Waals surface area contributed by atoms with Gasteiger partial charge in [0.05, 0.1) is 0 Å². The lowest BCUT2D eigenvalue weighted by atomic mass is 9.76. The molecule has 2 aliphatic rings. The molecule has 0 saturated heterocycles. The average Bonchev–Trinajstić information content (AvgIpc) is 3.38. The van der Waals surface area contributed by atoms with Crippen molar-refractivity contribution in [2.45, 2.75) is 31.1 Å². The Balaban J connectivity index is 1.51. The van der Waals surface area contributed by atoms with Gasteiger partial charge in [-0.3, -0.25) is 0 Å². The minimum absolute atomic E-state index is 0.224. The highest BCUT2D eigenvalue weighted by Gasteiger charge is 2.44. The highest BCUT2D eigenvalue weighted by atomic mass is 15.1. The molecular formula is C28H25N. The summed E-state index contributed by atoms with van der Waals surface area (Å²) in [5.74, 6) is 0. The third kappa shape index (κ3) is 2.34. The first-order valence-corrected chi connectivity index (χ1v) is 10.7. The van der Waals surface area contributed by atoms with E-state index in [2.05, 4.69) is 96.9 Å². The highest BCUT2D eigenvalue weighted by Crippen LogP contribution is 2.57. The van der Waals surface area contributed by atoms with Gasteiger partial charge in [0, 0.05) is 29.2 Å². The molecule has 1 fully saturated rings. The molecule has 0 unspecified atom stereocenters. The van der Waals surface area contributed by atoms with Gasteiger partial charge >= 0.3 is 0 Å². The second-order valence-corrected chi connectivity index (χ2v) is 8.62. The van der Waals surface area contributed by atoms with Crippen LogP contribution >= 0.6 is 0 Å². The van der Waals surface area contributed by atoms with Crippen LogP contribution < -0.4 is 4.90 Å². The largest absolute Gasteiger partial charge is 0.344 e. The van der Waals surface area contributed by atoms with Gasteiger partial charge in [-0.2, -0.15) is 0 Å². The molecule has 0 amide bonds. The van der Waals surface area contributed by atoms with E-state index in [1.54, 1.807) is 11.1 Å². The normalized spacial score (nSPS) is 16.2. The van der Waals surface area contributed by atoms with E-state index in [4.69, 9.17) is 0 Å². The fourth-order valence-corrected chi connectivity index (χ4v) is 5.81. The lowest BCUT2D eigenvalue weighted by Gasteiger charge is -2.28. The predicted octanol–water partition coefficient (Wildman–Crippen LogP) is 7.45. The summed E-state index contributed by atoms with van der Waals surface area (Å²) in [5.41, 5.74) is 8.75.